The normalized spacial score (nSPS) is 10.8. The van der Waals surface area contributed by atoms with Crippen LogP contribution in [0.2, 0.25) is 5.02 Å². The van der Waals surface area contributed by atoms with Gasteiger partial charge in [0.25, 0.3) is 5.91 Å². The van der Waals surface area contributed by atoms with Crippen LogP contribution >= 0.6 is 27.5 Å². The molecule has 5 nitrogen and oxygen atoms in total. The molecule has 0 radical (unpaired) electrons. The fourth-order valence-electron chi connectivity index (χ4n) is 1.77. The number of aryl methyl sites for hydroxylation is 1. The predicted molar refractivity (Wildman–Crippen MR) is 80.2 cm³/mol. The van der Waals surface area contributed by atoms with E-state index in [0.717, 1.165) is 0 Å². The fourth-order valence-corrected chi connectivity index (χ4v) is 2.37. The third kappa shape index (κ3) is 3.95. The third-order valence-electron chi connectivity index (χ3n) is 2.83. The largest absolute Gasteiger partial charge is 0.434 e. The zero-order valence-corrected chi connectivity index (χ0v) is 13.7. The molecule has 1 heterocycles. The van der Waals surface area contributed by atoms with Gasteiger partial charge in [-0.25, -0.2) is 0 Å². The van der Waals surface area contributed by atoms with Crippen molar-refractivity contribution in [2.24, 2.45) is 7.05 Å². The van der Waals surface area contributed by atoms with E-state index in [4.69, 9.17) is 11.6 Å². The maximum Gasteiger partial charge on any atom is 0.387 e. The van der Waals surface area contributed by atoms with Gasteiger partial charge in [0.15, 0.2) is 0 Å². The Balaban J connectivity index is 2.17. The number of carbonyl (C=O) groups is 1. The van der Waals surface area contributed by atoms with Crippen molar-refractivity contribution in [3.8, 4) is 5.75 Å². The molecule has 1 amide bonds. The maximum absolute atomic E-state index is 12.4. The van der Waals surface area contributed by atoms with Gasteiger partial charge in [-0.2, -0.15) is 13.9 Å². The summed E-state index contributed by atoms with van der Waals surface area (Å²) in [5.41, 5.74) is 0.592. The summed E-state index contributed by atoms with van der Waals surface area (Å²) in [6.45, 7) is -2.91. The molecule has 0 spiro atoms. The average molecular weight is 395 g/mol. The van der Waals surface area contributed by atoms with Gasteiger partial charge in [-0.05, 0) is 18.2 Å². The van der Waals surface area contributed by atoms with Crippen molar-refractivity contribution in [3.63, 3.8) is 0 Å². The second kappa shape index (κ2) is 7.06. The first kappa shape index (κ1) is 16.7. The van der Waals surface area contributed by atoms with Crippen molar-refractivity contribution in [1.82, 2.24) is 15.1 Å². The second-order valence-corrected chi connectivity index (χ2v) is 5.59. The summed E-state index contributed by atoms with van der Waals surface area (Å²) in [5.74, 6) is -0.763. The fraction of sp³-hybridized carbons (Fsp3) is 0.231. The van der Waals surface area contributed by atoms with Crippen molar-refractivity contribution in [3.05, 3.63) is 45.1 Å². The van der Waals surface area contributed by atoms with Crippen LogP contribution in [0, 0.1) is 0 Å². The van der Waals surface area contributed by atoms with E-state index in [1.807, 2.05) is 0 Å². The van der Waals surface area contributed by atoms with E-state index in [2.05, 4.69) is 31.1 Å². The number of carbonyl (C=O) groups excluding carboxylic acids is 1. The Morgan fingerprint density at radius 1 is 1.55 bits per heavy atom. The molecule has 0 aliphatic heterocycles. The van der Waals surface area contributed by atoms with Crippen LogP contribution < -0.4 is 10.1 Å². The Kier molecular flexibility index (Phi) is 5.36. The molecule has 1 aromatic heterocycles. The standard InChI is InChI=1S/C13H11BrClF2N3O2/c1-20-10(9(15)5-19-20)6-18-12(21)8-4-7(14)2-3-11(8)22-13(16)17/h2-5,13H,6H2,1H3,(H,18,21). The molecule has 0 bridgehead atoms. The SMILES string of the molecule is Cn1ncc(Cl)c1CNC(=O)c1cc(Br)ccc1OC(F)F. The number of hydrogen-bond donors (Lipinski definition) is 1. The number of aromatic nitrogens is 2. The summed E-state index contributed by atoms with van der Waals surface area (Å²) in [6.07, 6.45) is 1.45. The first-order valence-electron chi connectivity index (χ1n) is 6.07. The zero-order valence-electron chi connectivity index (χ0n) is 11.3. The van der Waals surface area contributed by atoms with Gasteiger partial charge in [0, 0.05) is 11.5 Å². The molecule has 2 aromatic rings. The molecule has 2 rings (SSSR count). The molecule has 118 valence electrons. The van der Waals surface area contributed by atoms with Gasteiger partial charge in [-0.15, -0.1) is 0 Å². The van der Waals surface area contributed by atoms with E-state index in [9.17, 15) is 13.6 Å². The number of hydrogen-bond acceptors (Lipinski definition) is 3. The van der Waals surface area contributed by atoms with Crippen LogP contribution in [-0.2, 0) is 13.6 Å². The minimum atomic E-state index is -3.01. The Labute approximate surface area is 138 Å². The number of ether oxygens (including phenoxy) is 1. The molecule has 1 N–H and O–H groups in total. The van der Waals surface area contributed by atoms with E-state index in [1.54, 1.807) is 7.05 Å². The lowest BCUT2D eigenvalue weighted by molar-refractivity contribution is -0.0501. The third-order valence-corrected chi connectivity index (χ3v) is 3.64. The van der Waals surface area contributed by atoms with Gasteiger partial charge in [0.05, 0.1) is 29.0 Å². The lowest BCUT2D eigenvalue weighted by Gasteiger charge is -2.12. The maximum atomic E-state index is 12.4. The van der Waals surface area contributed by atoms with Crippen molar-refractivity contribution in [2.45, 2.75) is 13.2 Å². The number of nitrogens with one attached hydrogen (secondary N) is 1. The Hall–Kier alpha value is -1.67. The first-order valence-corrected chi connectivity index (χ1v) is 7.24. The Morgan fingerprint density at radius 3 is 2.86 bits per heavy atom. The van der Waals surface area contributed by atoms with E-state index < -0.39 is 12.5 Å². The van der Waals surface area contributed by atoms with Crippen molar-refractivity contribution < 1.29 is 18.3 Å². The number of benzene rings is 1. The molecule has 9 heteroatoms. The Morgan fingerprint density at radius 2 is 2.27 bits per heavy atom. The molecule has 0 fully saturated rings. The second-order valence-electron chi connectivity index (χ2n) is 4.26. The highest BCUT2D eigenvalue weighted by Crippen LogP contribution is 2.25. The van der Waals surface area contributed by atoms with Crippen LogP contribution in [0.5, 0.6) is 5.75 Å². The molecule has 0 atom stereocenters. The van der Waals surface area contributed by atoms with Crippen molar-refractivity contribution >= 4 is 33.4 Å². The summed E-state index contributed by atoms with van der Waals surface area (Å²) in [4.78, 5) is 12.2. The Bertz CT molecular complexity index is 674. The quantitative estimate of drug-likeness (QED) is 0.846. The summed E-state index contributed by atoms with van der Waals surface area (Å²) in [6, 6.07) is 4.20. The molecule has 1 aromatic carbocycles. The number of halogens is 4. The molecule has 22 heavy (non-hydrogen) atoms. The monoisotopic (exact) mass is 393 g/mol. The van der Waals surface area contributed by atoms with Crippen LogP contribution in [0.15, 0.2) is 28.9 Å². The highest BCUT2D eigenvalue weighted by molar-refractivity contribution is 9.10. The number of rotatable bonds is 5. The van der Waals surface area contributed by atoms with Gasteiger partial charge >= 0.3 is 6.61 Å². The molecule has 0 saturated carbocycles. The van der Waals surface area contributed by atoms with Gasteiger partial charge in [0.2, 0.25) is 0 Å². The topological polar surface area (TPSA) is 56.2 Å². The number of amides is 1. The predicted octanol–water partition coefficient (Wildman–Crippen LogP) is 3.37. The van der Waals surface area contributed by atoms with Crippen molar-refractivity contribution in [2.75, 3.05) is 0 Å². The molecular weight excluding hydrogens is 384 g/mol. The molecule has 0 saturated heterocycles. The summed E-state index contributed by atoms with van der Waals surface area (Å²) >= 11 is 9.12. The van der Waals surface area contributed by atoms with Gasteiger partial charge in [-0.1, -0.05) is 27.5 Å². The number of nitrogens with zero attached hydrogens (tertiary/aromatic N) is 2. The van der Waals surface area contributed by atoms with E-state index in [-0.39, 0.29) is 17.9 Å². The summed E-state index contributed by atoms with van der Waals surface area (Å²) in [7, 11) is 1.68. The zero-order chi connectivity index (χ0) is 16.3. The van der Waals surface area contributed by atoms with Gasteiger partial charge < -0.3 is 10.1 Å². The highest BCUT2D eigenvalue weighted by atomic mass is 79.9. The first-order chi connectivity index (χ1) is 10.4. The van der Waals surface area contributed by atoms with Crippen LogP contribution in [0.4, 0.5) is 8.78 Å². The lowest BCUT2D eigenvalue weighted by Crippen LogP contribution is -2.25. The van der Waals surface area contributed by atoms with Gasteiger partial charge in [0.1, 0.15) is 5.75 Å². The molecule has 0 aliphatic carbocycles. The lowest BCUT2D eigenvalue weighted by atomic mass is 10.2. The van der Waals surface area contributed by atoms with Crippen LogP contribution in [0.3, 0.4) is 0 Å². The molecule has 0 aliphatic rings. The minimum absolute atomic E-state index is 0.00651. The average Bonchev–Trinajstić information content (AvgIpc) is 2.77. The molecular formula is C13H11BrClF2N3O2. The smallest absolute Gasteiger partial charge is 0.387 e. The highest BCUT2D eigenvalue weighted by Gasteiger charge is 2.17. The van der Waals surface area contributed by atoms with Crippen LogP contribution in [0.25, 0.3) is 0 Å². The van der Waals surface area contributed by atoms with Gasteiger partial charge in [-0.3, -0.25) is 9.48 Å². The molecule has 0 unspecified atom stereocenters. The van der Waals surface area contributed by atoms with E-state index in [1.165, 1.54) is 29.1 Å². The summed E-state index contributed by atoms with van der Waals surface area (Å²) < 4.78 is 31.2. The van der Waals surface area contributed by atoms with E-state index >= 15 is 0 Å². The summed E-state index contributed by atoms with van der Waals surface area (Å²) in [5, 5.41) is 6.94. The van der Waals surface area contributed by atoms with Crippen LogP contribution in [0.1, 0.15) is 16.1 Å². The van der Waals surface area contributed by atoms with Crippen LogP contribution in [-0.4, -0.2) is 22.3 Å². The van der Waals surface area contributed by atoms with E-state index in [0.29, 0.717) is 15.2 Å². The number of alkyl halides is 2. The minimum Gasteiger partial charge on any atom is -0.434 e. The van der Waals surface area contributed by atoms with Crippen molar-refractivity contribution in [1.29, 1.82) is 0 Å².